The number of aliphatic hydroxyl groups is 1. The summed E-state index contributed by atoms with van der Waals surface area (Å²) in [6, 6.07) is 9.84. The Kier molecular flexibility index (Phi) is 8.67. The molecule has 1 saturated heterocycles. The molecular formula is C26H33N3O4S2. The van der Waals surface area contributed by atoms with E-state index in [4.69, 9.17) is 4.74 Å². The van der Waals surface area contributed by atoms with E-state index in [1.807, 2.05) is 42.4 Å². The van der Waals surface area contributed by atoms with E-state index in [1.54, 1.807) is 24.6 Å². The fourth-order valence-electron chi connectivity index (χ4n) is 4.95. The average molecular weight is 516 g/mol. The number of amides is 1. The number of thiophene rings is 1. The number of thioether (sulfide) groups is 1. The molecule has 1 fully saturated rings. The molecule has 7 nitrogen and oxygen atoms in total. The Bertz CT molecular complexity index is 1130. The number of methoxy groups -OCH3 is 1. The van der Waals surface area contributed by atoms with Crippen molar-refractivity contribution in [1.29, 1.82) is 0 Å². The van der Waals surface area contributed by atoms with Gasteiger partial charge in [-0.25, -0.2) is 5.48 Å². The van der Waals surface area contributed by atoms with Crippen LogP contribution in [0.1, 0.15) is 42.9 Å². The normalized spacial score (nSPS) is 16.8. The van der Waals surface area contributed by atoms with Crippen LogP contribution in [0.25, 0.3) is 10.9 Å². The zero-order valence-corrected chi connectivity index (χ0v) is 21.8. The number of aromatic nitrogens is 1. The molecule has 1 aromatic carbocycles. The van der Waals surface area contributed by atoms with Crippen LogP contribution in [-0.4, -0.2) is 58.6 Å². The first-order chi connectivity index (χ1) is 17.0. The second-order valence-corrected chi connectivity index (χ2v) is 11.5. The van der Waals surface area contributed by atoms with Crippen LogP contribution in [0.2, 0.25) is 0 Å². The minimum atomic E-state index is -0.754. The molecule has 1 aliphatic rings. The molecule has 1 atom stereocenters. The number of likely N-dealkylation sites (tertiary alicyclic amines) is 1. The van der Waals surface area contributed by atoms with Gasteiger partial charge in [0.25, 0.3) is 0 Å². The third-order valence-corrected chi connectivity index (χ3v) is 9.20. The predicted octanol–water partition coefficient (Wildman–Crippen LogP) is 4.81. The second-order valence-electron chi connectivity index (χ2n) is 9.14. The number of hydrogen-bond acceptors (Lipinski definition) is 8. The van der Waals surface area contributed by atoms with Gasteiger partial charge in [-0.1, -0.05) is 6.07 Å². The molecular weight excluding hydrogens is 482 g/mol. The maximum atomic E-state index is 12.8. The SMILES string of the molecule is COc1ccc2ncc(C)c(C(O)CCC3(C(=O)NO)CCN(CCSc4cccs4)CC3)c2c1. The Morgan fingerprint density at radius 3 is 2.83 bits per heavy atom. The number of carbonyl (C=O) groups excluding carboxylic acids is 1. The summed E-state index contributed by atoms with van der Waals surface area (Å²) in [5.41, 5.74) is 3.72. The van der Waals surface area contributed by atoms with Crippen molar-refractivity contribution >= 4 is 39.9 Å². The molecule has 3 aromatic rings. The van der Waals surface area contributed by atoms with Crippen molar-refractivity contribution in [3.8, 4) is 5.75 Å². The summed E-state index contributed by atoms with van der Waals surface area (Å²) in [7, 11) is 1.62. The Hall–Kier alpha value is -2.17. The largest absolute Gasteiger partial charge is 0.497 e. The monoisotopic (exact) mass is 515 g/mol. The van der Waals surface area contributed by atoms with E-state index in [-0.39, 0.29) is 5.91 Å². The summed E-state index contributed by atoms with van der Waals surface area (Å²) in [4.78, 5) is 19.7. The lowest BCUT2D eigenvalue weighted by Gasteiger charge is -2.40. The van der Waals surface area contributed by atoms with Gasteiger partial charge < -0.3 is 14.7 Å². The van der Waals surface area contributed by atoms with Gasteiger partial charge in [-0.3, -0.25) is 15.0 Å². The van der Waals surface area contributed by atoms with Crippen molar-refractivity contribution in [3.63, 3.8) is 0 Å². The van der Waals surface area contributed by atoms with Gasteiger partial charge in [0.1, 0.15) is 5.75 Å². The Labute approximate surface area is 214 Å². The van der Waals surface area contributed by atoms with E-state index in [0.29, 0.717) is 31.4 Å². The van der Waals surface area contributed by atoms with Gasteiger partial charge in [0.2, 0.25) is 5.91 Å². The summed E-state index contributed by atoms with van der Waals surface area (Å²) < 4.78 is 6.70. The summed E-state index contributed by atoms with van der Waals surface area (Å²) in [6.07, 6.45) is 3.23. The van der Waals surface area contributed by atoms with Gasteiger partial charge in [0, 0.05) is 23.9 Å². The lowest BCUT2D eigenvalue weighted by atomic mass is 9.73. The van der Waals surface area contributed by atoms with Crippen molar-refractivity contribution in [3.05, 3.63) is 53.0 Å². The highest BCUT2D eigenvalue weighted by Gasteiger charge is 2.41. The van der Waals surface area contributed by atoms with Crippen molar-refractivity contribution in [2.45, 2.75) is 42.9 Å². The van der Waals surface area contributed by atoms with Gasteiger partial charge in [-0.05, 0) is 86.5 Å². The first kappa shape index (κ1) is 25.9. The highest BCUT2D eigenvalue weighted by atomic mass is 32.2. The molecule has 3 N–H and O–H groups in total. The van der Waals surface area contributed by atoms with Crippen molar-refractivity contribution < 1.29 is 19.8 Å². The first-order valence-corrected chi connectivity index (χ1v) is 13.8. The van der Waals surface area contributed by atoms with Crippen LogP contribution < -0.4 is 10.2 Å². The van der Waals surface area contributed by atoms with Gasteiger partial charge in [-0.2, -0.15) is 0 Å². The third kappa shape index (κ3) is 5.98. The topological polar surface area (TPSA) is 94.9 Å². The van der Waals surface area contributed by atoms with E-state index >= 15 is 0 Å². The van der Waals surface area contributed by atoms with Gasteiger partial charge in [0.15, 0.2) is 0 Å². The summed E-state index contributed by atoms with van der Waals surface area (Å²) >= 11 is 3.61. The molecule has 1 amide bonds. The molecule has 4 rings (SSSR count). The lowest BCUT2D eigenvalue weighted by Crippen LogP contribution is -2.48. The van der Waals surface area contributed by atoms with E-state index in [1.165, 1.54) is 4.21 Å². The first-order valence-electron chi connectivity index (χ1n) is 11.9. The van der Waals surface area contributed by atoms with Crippen molar-refractivity contribution in [2.24, 2.45) is 5.41 Å². The fraction of sp³-hybridized carbons (Fsp3) is 0.462. The molecule has 2 aromatic heterocycles. The molecule has 9 heteroatoms. The molecule has 0 radical (unpaired) electrons. The number of hydroxylamine groups is 1. The zero-order chi connectivity index (χ0) is 24.8. The van der Waals surface area contributed by atoms with E-state index in [2.05, 4.69) is 27.4 Å². The second kappa shape index (κ2) is 11.7. The van der Waals surface area contributed by atoms with Gasteiger partial charge >= 0.3 is 0 Å². The fourth-order valence-corrected chi connectivity index (χ4v) is 6.82. The summed E-state index contributed by atoms with van der Waals surface area (Å²) in [5, 5.41) is 23.7. The number of hydrogen-bond donors (Lipinski definition) is 3. The predicted molar refractivity (Wildman–Crippen MR) is 140 cm³/mol. The van der Waals surface area contributed by atoms with Crippen LogP contribution in [0.4, 0.5) is 0 Å². The molecule has 0 saturated carbocycles. The molecule has 35 heavy (non-hydrogen) atoms. The Balaban J connectivity index is 1.42. The molecule has 0 aliphatic carbocycles. The minimum absolute atomic E-state index is 0.352. The molecule has 3 heterocycles. The molecule has 0 spiro atoms. The van der Waals surface area contributed by atoms with Crippen molar-refractivity contribution in [1.82, 2.24) is 15.4 Å². The van der Waals surface area contributed by atoms with Crippen molar-refractivity contribution in [2.75, 3.05) is 32.5 Å². The number of ether oxygens (including phenoxy) is 1. The number of nitrogens with zero attached hydrogens (tertiary/aromatic N) is 2. The quantitative estimate of drug-likeness (QED) is 0.203. The van der Waals surface area contributed by atoms with E-state index in [9.17, 15) is 15.1 Å². The van der Waals surface area contributed by atoms with Crippen LogP contribution in [-0.2, 0) is 4.79 Å². The highest BCUT2D eigenvalue weighted by molar-refractivity contribution is 8.01. The number of carbonyl (C=O) groups is 1. The molecule has 0 bridgehead atoms. The number of pyridine rings is 1. The zero-order valence-electron chi connectivity index (χ0n) is 20.2. The van der Waals surface area contributed by atoms with E-state index in [0.717, 1.165) is 47.4 Å². The minimum Gasteiger partial charge on any atom is -0.497 e. The Morgan fingerprint density at radius 2 is 2.14 bits per heavy atom. The summed E-state index contributed by atoms with van der Waals surface area (Å²) in [6.45, 7) is 4.49. The maximum Gasteiger partial charge on any atom is 0.249 e. The Morgan fingerprint density at radius 1 is 1.34 bits per heavy atom. The van der Waals surface area contributed by atoms with Crippen LogP contribution in [0.3, 0.4) is 0 Å². The van der Waals surface area contributed by atoms with Gasteiger partial charge in [-0.15, -0.1) is 23.1 Å². The number of fused-ring (bicyclic) bond motifs is 1. The number of piperidine rings is 1. The van der Waals surface area contributed by atoms with Crippen LogP contribution in [0.15, 0.2) is 46.1 Å². The standard InChI is InChI=1S/C26H33N3O4S2/c1-18-17-27-21-6-5-19(33-2)16-20(21)24(18)22(30)7-8-26(25(31)28-32)9-11-29(12-10-26)13-15-35-23-4-3-14-34-23/h3-6,14,16-17,22,30,32H,7-13,15H2,1-2H3,(H,28,31). The lowest BCUT2D eigenvalue weighted by molar-refractivity contribution is -0.143. The number of nitrogens with one attached hydrogen (secondary N) is 1. The molecule has 188 valence electrons. The summed E-state index contributed by atoms with van der Waals surface area (Å²) in [5.74, 6) is 1.37. The molecule has 1 aliphatic heterocycles. The van der Waals surface area contributed by atoms with Crippen LogP contribution >= 0.6 is 23.1 Å². The smallest absolute Gasteiger partial charge is 0.249 e. The number of rotatable bonds is 10. The highest BCUT2D eigenvalue weighted by Crippen LogP contribution is 2.40. The number of benzene rings is 1. The van der Waals surface area contributed by atoms with Crippen LogP contribution in [0.5, 0.6) is 5.75 Å². The number of aryl methyl sites for hydroxylation is 1. The van der Waals surface area contributed by atoms with Gasteiger partial charge in [0.05, 0.1) is 28.4 Å². The molecule has 1 unspecified atom stereocenters. The maximum absolute atomic E-state index is 12.8. The van der Waals surface area contributed by atoms with Crippen LogP contribution in [0, 0.1) is 12.3 Å². The average Bonchev–Trinajstić information content (AvgIpc) is 3.40. The number of aliphatic hydroxyl groups excluding tert-OH is 1. The third-order valence-electron chi connectivity index (χ3n) is 7.09. The van der Waals surface area contributed by atoms with E-state index < -0.39 is 11.5 Å².